The quantitative estimate of drug-likeness (QED) is 0.886. The molecule has 2 aromatic carbocycles. The van der Waals surface area contributed by atoms with E-state index in [-0.39, 0.29) is 0 Å². The third-order valence-electron chi connectivity index (χ3n) is 2.88. The topological polar surface area (TPSA) is 15.3 Å². The molecule has 0 atom stereocenters. The molecule has 0 aliphatic carbocycles. The molecule has 0 saturated carbocycles. The maximum absolute atomic E-state index is 5.99. The van der Waals surface area contributed by atoms with Gasteiger partial charge in [0.2, 0.25) is 0 Å². The van der Waals surface area contributed by atoms with Gasteiger partial charge in [0.25, 0.3) is 0 Å². The van der Waals surface area contributed by atoms with Gasteiger partial charge in [0, 0.05) is 23.8 Å². The van der Waals surface area contributed by atoms with Crippen LogP contribution >= 0.6 is 11.6 Å². The fraction of sp³-hybridized carbons (Fsp3) is 0.250. The van der Waals surface area contributed by atoms with E-state index in [1.807, 2.05) is 18.2 Å². The van der Waals surface area contributed by atoms with Gasteiger partial charge in [-0.2, -0.15) is 0 Å². The third kappa shape index (κ3) is 4.27. The van der Waals surface area contributed by atoms with Crippen molar-refractivity contribution in [3.63, 3.8) is 0 Å². The average molecular weight is 275 g/mol. The zero-order valence-electron chi connectivity index (χ0n) is 11.4. The summed E-state index contributed by atoms with van der Waals surface area (Å²) in [6.45, 7) is 1.71. The summed E-state index contributed by atoms with van der Waals surface area (Å²) in [6, 6.07) is 16.3. The smallest absolute Gasteiger partial charge is 0.0409 e. The summed E-state index contributed by atoms with van der Waals surface area (Å²) in [6.07, 6.45) is 0. The van der Waals surface area contributed by atoms with Crippen molar-refractivity contribution >= 4 is 17.3 Å². The molecule has 0 unspecified atom stereocenters. The number of benzene rings is 2. The van der Waals surface area contributed by atoms with Gasteiger partial charge >= 0.3 is 0 Å². The van der Waals surface area contributed by atoms with Gasteiger partial charge in [0.05, 0.1) is 0 Å². The van der Waals surface area contributed by atoms with Crippen LogP contribution in [0, 0.1) is 0 Å². The van der Waals surface area contributed by atoms with Crippen molar-refractivity contribution in [3.8, 4) is 0 Å². The van der Waals surface area contributed by atoms with Crippen LogP contribution in [0.3, 0.4) is 0 Å². The third-order valence-corrected chi connectivity index (χ3v) is 3.11. The van der Waals surface area contributed by atoms with Crippen LogP contribution in [0.4, 0.5) is 5.69 Å². The molecule has 3 heteroatoms. The maximum Gasteiger partial charge on any atom is 0.0409 e. The molecule has 0 aliphatic rings. The molecule has 0 saturated heterocycles. The predicted octanol–water partition coefficient (Wildman–Crippen LogP) is 4.01. The highest BCUT2D eigenvalue weighted by Gasteiger charge is 2.02. The first-order valence-electron chi connectivity index (χ1n) is 6.36. The zero-order valence-corrected chi connectivity index (χ0v) is 12.1. The lowest BCUT2D eigenvalue weighted by molar-refractivity contribution is 0.403. The molecule has 0 bridgehead atoms. The van der Waals surface area contributed by atoms with E-state index in [4.69, 9.17) is 11.6 Å². The van der Waals surface area contributed by atoms with Crippen LogP contribution in [0.15, 0.2) is 48.5 Å². The van der Waals surface area contributed by atoms with Crippen LogP contribution in [-0.4, -0.2) is 19.0 Å². The average Bonchev–Trinajstić information content (AvgIpc) is 2.37. The number of para-hydroxylation sites is 1. The summed E-state index contributed by atoms with van der Waals surface area (Å²) in [4.78, 5) is 2.17. The maximum atomic E-state index is 5.99. The Bertz CT molecular complexity index is 538. The van der Waals surface area contributed by atoms with Crippen LogP contribution in [0.2, 0.25) is 5.02 Å². The van der Waals surface area contributed by atoms with Gasteiger partial charge in [-0.1, -0.05) is 41.9 Å². The standard InChI is InChI=1S/C16H19ClN2/c1-19(2)12-14-7-3-4-9-16(14)18-11-13-6-5-8-15(17)10-13/h3-10,18H,11-12H2,1-2H3. The van der Waals surface area contributed by atoms with Crippen LogP contribution in [-0.2, 0) is 13.1 Å². The Morgan fingerprint density at radius 2 is 1.84 bits per heavy atom. The fourth-order valence-electron chi connectivity index (χ4n) is 2.02. The van der Waals surface area contributed by atoms with Gasteiger partial charge in [0.1, 0.15) is 0 Å². The number of halogens is 1. The van der Waals surface area contributed by atoms with Crippen LogP contribution in [0.1, 0.15) is 11.1 Å². The summed E-state index contributed by atoms with van der Waals surface area (Å²) < 4.78 is 0. The number of nitrogens with one attached hydrogen (secondary N) is 1. The molecule has 100 valence electrons. The Hall–Kier alpha value is -1.51. The lowest BCUT2D eigenvalue weighted by atomic mass is 10.1. The Balaban J connectivity index is 2.07. The Morgan fingerprint density at radius 1 is 1.05 bits per heavy atom. The van der Waals surface area contributed by atoms with Crippen LogP contribution in [0.25, 0.3) is 0 Å². The lowest BCUT2D eigenvalue weighted by Gasteiger charge is -2.15. The molecule has 2 nitrogen and oxygen atoms in total. The first-order chi connectivity index (χ1) is 9.15. The Labute approximate surface area is 120 Å². The van der Waals surface area contributed by atoms with E-state index in [9.17, 15) is 0 Å². The van der Waals surface area contributed by atoms with Gasteiger partial charge in [0.15, 0.2) is 0 Å². The van der Waals surface area contributed by atoms with Crippen molar-refractivity contribution in [2.75, 3.05) is 19.4 Å². The molecule has 0 radical (unpaired) electrons. The summed E-state index contributed by atoms with van der Waals surface area (Å²) in [5.41, 5.74) is 3.66. The molecule has 0 aromatic heterocycles. The molecule has 0 amide bonds. The van der Waals surface area contributed by atoms with E-state index < -0.39 is 0 Å². The fourth-order valence-corrected chi connectivity index (χ4v) is 2.23. The molecule has 1 N–H and O–H groups in total. The monoisotopic (exact) mass is 274 g/mol. The summed E-state index contributed by atoms with van der Waals surface area (Å²) in [7, 11) is 4.15. The van der Waals surface area contributed by atoms with Crippen molar-refractivity contribution < 1.29 is 0 Å². The summed E-state index contributed by atoms with van der Waals surface area (Å²) in [5.74, 6) is 0. The molecule has 2 rings (SSSR count). The molecule has 0 heterocycles. The van der Waals surface area contributed by atoms with E-state index in [0.29, 0.717) is 0 Å². The van der Waals surface area contributed by atoms with Gasteiger partial charge in [-0.25, -0.2) is 0 Å². The SMILES string of the molecule is CN(C)Cc1ccccc1NCc1cccc(Cl)c1. The van der Waals surface area contributed by atoms with Crippen molar-refractivity contribution in [2.45, 2.75) is 13.1 Å². The minimum Gasteiger partial charge on any atom is -0.381 e. The number of nitrogens with zero attached hydrogens (tertiary/aromatic N) is 1. The number of hydrogen-bond acceptors (Lipinski definition) is 2. The van der Waals surface area contributed by atoms with Gasteiger partial charge in [-0.05, 0) is 43.4 Å². The largest absolute Gasteiger partial charge is 0.381 e. The van der Waals surface area contributed by atoms with Crippen LogP contribution < -0.4 is 5.32 Å². The minimum absolute atomic E-state index is 0.779. The van der Waals surface area contributed by atoms with Crippen molar-refractivity contribution in [1.29, 1.82) is 0 Å². The molecule has 19 heavy (non-hydrogen) atoms. The highest BCUT2D eigenvalue weighted by atomic mass is 35.5. The van der Waals surface area contributed by atoms with Crippen molar-refractivity contribution in [2.24, 2.45) is 0 Å². The van der Waals surface area contributed by atoms with E-state index in [0.717, 1.165) is 18.1 Å². The van der Waals surface area contributed by atoms with Gasteiger partial charge in [-0.15, -0.1) is 0 Å². The second-order valence-electron chi connectivity index (χ2n) is 4.88. The molecule has 0 fully saturated rings. The molecular weight excluding hydrogens is 256 g/mol. The summed E-state index contributed by atoms with van der Waals surface area (Å²) >= 11 is 5.99. The van der Waals surface area contributed by atoms with Crippen LogP contribution in [0.5, 0.6) is 0 Å². The number of rotatable bonds is 5. The minimum atomic E-state index is 0.779. The van der Waals surface area contributed by atoms with Crippen molar-refractivity contribution in [3.05, 3.63) is 64.7 Å². The number of anilines is 1. The highest BCUT2D eigenvalue weighted by Crippen LogP contribution is 2.18. The van der Waals surface area contributed by atoms with E-state index in [2.05, 4.69) is 54.6 Å². The van der Waals surface area contributed by atoms with E-state index in [1.54, 1.807) is 0 Å². The summed E-state index contributed by atoms with van der Waals surface area (Å²) in [5, 5.41) is 4.26. The van der Waals surface area contributed by atoms with E-state index >= 15 is 0 Å². The predicted molar refractivity (Wildman–Crippen MR) is 82.6 cm³/mol. The van der Waals surface area contributed by atoms with E-state index in [1.165, 1.54) is 16.8 Å². The Kier molecular flexibility index (Phi) is 4.83. The zero-order chi connectivity index (χ0) is 13.7. The van der Waals surface area contributed by atoms with Gasteiger partial charge < -0.3 is 10.2 Å². The second kappa shape index (κ2) is 6.60. The molecular formula is C16H19ClN2. The second-order valence-corrected chi connectivity index (χ2v) is 5.31. The molecule has 0 spiro atoms. The lowest BCUT2D eigenvalue weighted by Crippen LogP contribution is -2.12. The van der Waals surface area contributed by atoms with Crippen molar-refractivity contribution in [1.82, 2.24) is 4.90 Å². The highest BCUT2D eigenvalue weighted by molar-refractivity contribution is 6.30. The normalized spacial score (nSPS) is 10.7. The Morgan fingerprint density at radius 3 is 2.58 bits per heavy atom. The molecule has 0 aliphatic heterocycles. The van der Waals surface area contributed by atoms with Gasteiger partial charge in [-0.3, -0.25) is 0 Å². The first kappa shape index (κ1) is 13.9. The number of hydrogen-bond donors (Lipinski definition) is 1. The first-order valence-corrected chi connectivity index (χ1v) is 6.74. The molecule has 2 aromatic rings.